The highest BCUT2D eigenvalue weighted by Gasteiger charge is 2.15. The average Bonchev–Trinajstić information content (AvgIpc) is 2.52. The third kappa shape index (κ3) is 4.68. The molecule has 0 spiro atoms. The van der Waals surface area contributed by atoms with Crippen molar-refractivity contribution in [2.45, 2.75) is 19.9 Å². The number of H-pyrrole nitrogens is 1. The Kier molecular flexibility index (Phi) is 6.52. The fourth-order valence-electron chi connectivity index (χ4n) is 1.65. The number of aliphatic imine (C=N–C) groups is 1. The zero-order chi connectivity index (χ0) is 17.6. The summed E-state index contributed by atoms with van der Waals surface area (Å²) >= 11 is 5.67. The number of amides is 1. The molecule has 9 heteroatoms. The molecule has 0 aliphatic rings. The van der Waals surface area contributed by atoms with Gasteiger partial charge in [0.25, 0.3) is 11.5 Å². The van der Waals surface area contributed by atoms with E-state index in [1.165, 1.54) is 19.2 Å². The lowest BCUT2D eigenvalue weighted by Crippen LogP contribution is -2.38. The standard InChI is InChI=1S/C14H18ClN5O3/c1-4-7-20-13(22)10(11(16)19-14(20)23)18-12(21)8(2)5-6-9(15)17-3/h5-6H,2,4,7,16H2,1,3H3,(H,18,21)(H,19,23). The molecule has 0 unspecified atom stereocenters. The van der Waals surface area contributed by atoms with Crippen molar-refractivity contribution in [3.63, 3.8) is 0 Å². The third-order valence-electron chi connectivity index (χ3n) is 2.83. The van der Waals surface area contributed by atoms with Crippen LogP contribution in [0.15, 0.2) is 38.9 Å². The van der Waals surface area contributed by atoms with Gasteiger partial charge in [0.1, 0.15) is 16.7 Å². The molecule has 23 heavy (non-hydrogen) atoms. The molecule has 8 nitrogen and oxygen atoms in total. The molecule has 0 atom stereocenters. The zero-order valence-corrected chi connectivity index (χ0v) is 13.6. The number of carbonyl (C=O) groups excluding carboxylic acids is 1. The maximum atomic E-state index is 12.2. The Morgan fingerprint density at radius 1 is 1.48 bits per heavy atom. The number of nitrogens with two attached hydrogens (primary N) is 1. The lowest BCUT2D eigenvalue weighted by molar-refractivity contribution is -0.112. The van der Waals surface area contributed by atoms with E-state index < -0.39 is 17.2 Å². The monoisotopic (exact) mass is 339 g/mol. The molecule has 124 valence electrons. The van der Waals surface area contributed by atoms with Crippen LogP contribution in [0.3, 0.4) is 0 Å². The Hall–Kier alpha value is -2.61. The number of hydrogen-bond acceptors (Lipinski definition) is 5. The molecule has 0 aliphatic heterocycles. The minimum absolute atomic E-state index is 0.0406. The lowest BCUT2D eigenvalue weighted by atomic mass is 10.2. The van der Waals surface area contributed by atoms with E-state index in [1.807, 2.05) is 6.92 Å². The summed E-state index contributed by atoms with van der Waals surface area (Å²) in [4.78, 5) is 42.0. The molecule has 0 aliphatic carbocycles. The van der Waals surface area contributed by atoms with E-state index in [9.17, 15) is 14.4 Å². The van der Waals surface area contributed by atoms with Gasteiger partial charge in [0.15, 0.2) is 0 Å². The Balaban J connectivity index is 3.10. The average molecular weight is 340 g/mol. The largest absolute Gasteiger partial charge is 0.383 e. The van der Waals surface area contributed by atoms with E-state index in [1.54, 1.807) is 0 Å². The number of halogens is 1. The van der Waals surface area contributed by atoms with Gasteiger partial charge in [0, 0.05) is 19.2 Å². The minimum atomic E-state index is -0.675. The molecule has 0 fully saturated rings. The second kappa shape index (κ2) is 8.14. The van der Waals surface area contributed by atoms with Crippen LogP contribution in [0.25, 0.3) is 0 Å². The predicted molar refractivity (Wildman–Crippen MR) is 92.1 cm³/mol. The second-order valence-electron chi connectivity index (χ2n) is 4.53. The maximum Gasteiger partial charge on any atom is 0.330 e. The Morgan fingerprint density at radius 2 is 2.13 bits per heavy atom. The number of nitrogens with one attached hydrogen (secondary N) is 2. The number of carbonyl (C=O) groups is 1. The van der Waals surface area contributed by atoms with Gasteiger partial charge in [-0.25, -0.2) is 4.79 Å². The number of aromatic nitrogens is 2. The van der Waals surface area contributed by atoms with Crippen LogP contribution in [-0.4, -0.2) is 27.7 Å². The van der Waals surface area contributed by atoms with Gasteiger partial charge < -0.3 is 11.1 Å². The molecule has 1 aromatic heterocycles. The van der Waals surface area contributed by atoms with E-state index in [4.69, 9.17) is 17.3 Å². The van der Waals surface area contributed by atoms with Gasteiger partial charge in [0.05, 0.1) is 0 Å². The molecule has 0 radical (unpaired) electrons. The molecule has 1 aromatic rings. The number of nitrogen functional groups attached to an aromatic ring is 1. The van der Waals surface area contributed by atoms with Gasteiger partial charge in [0.2, 0.25) is 0 Å². The molecule has 0 saturated carbocycles. The number of rotatable bonds is 6. The van der Waals surface area contributed by atoms with Gasteiger partial charge in [-0.3, -0.25) is 24.1 Å². The van der Waals surface area contributed by atoms with Crippen molar-refractivity contribution in [2.24, 2.45) is 4.99 Å². The molecular formula is C14H18ClN5O3. The van der Waals surface area contributed by atoms with E-state index in [2.05, 4.69) is 21.9 Å². The summed E-state index contributed by atoms with van der Waals surface area (Å²) in [5.41, 5.74) is 4.15. The summed E-state index contributed by atoms with van der Waals surface area (Å²) in [7, 11) is 1.49. The first-order valence-electron chi connectivity index (χ1n) is 6.75. The SMILES string of the molecule is C=C(C=CC(Cl)=NC)C(=O)Nc1c(N)[nH]c(=O)n(CCC)c1=O. The van der Waals surface area contributed by atoms with E-state index in [0.29, 0.717) is 6.42 Å². The quantitative estimate of drug-likeness (QED) is 0.404. The topological polar surface area (TPSA) is 122 Å². The highest BCUT2D eigenvalue weighted by Crippen LogP contribution is 2.09. The van der Waals surface area contributed by atoms with Gasteiger partial charge in [-0.15, -0.1) is 0 Å². The summed E-state index contributed by atoms with van der Waals surface area (Å²) < 4.78 is 0.963. The van der Waals surface area contributed by atoms with Gasteiger partial charge in [-0.05, 0) is 18.6 Å². The fourth-order valence-corrected chi connectivity index (χ4v) is 1.71. The van der Waals surface area contributed by atoms with Crippen LogP contribution in [-0.2, 0) is 11.3 Å². The summed E-state index contributed by atoms with van der Waals surface area (Å²) in [6, 6.07) is 0. The Bertz CT molecular complexity index is 789. The van der Waals surface area contributed by atoms with Crippen LogP contribution in [0, 0.1) is 0 Å². The van der Waals surface area contributed by atoms with Crippen molar-refractivity contribution in [1.82, 2.24) is 9.55 Å². The van der Waals surface area contributed by atoms with Crippen molar-refractivity contribution in [3.8, 4) is 0 Å². The molecule has 1 rings (SSSR count). The number of allylic oxidation sites excluding steroid dienone is 1. The lowest BCUT2D eigenvalue weighted by Gasteiger charge is -2.10. The van der Waals surface area contributed by atoms with Crippen LogP contribution in [0.1, 0.15) is 13.3 Å². The molecular weight excluding hydrogens is 322 g/mol. The predicted octanol–water partition coefficient (Wildman–Crippen LogP) is 0.847. The normalized spacial score (nSPS) is 11.7. The van der Waals surface area contributed by atoms with Crippen molar-refractivity contribution < 1.29 is 4.79 Å². The maximum absolute atomic E-state index is 12.2. The highest BCUT2D eigenvalue weighted by atomic mass is 35.5. The van der Waals surface area contributed by atoms with Crippen LogP contribution < -0.4 is 22.3 Å². The van der Waals surface area contributed by atoms with Crippen molar-refractivity contribution >= 4 is 34.2 Å². The van der Waals surface area contributed by atoms with Crippen LogP contribution in [0.5, 0.6) is 0 Å². The summed E-state index contributed by atoms with van der Waals surface area (Å²) in [6.45, 7) is 5.58. The second-order valence-corrected chi connectivity index (χ2v) is 4.92. The van der Waals surface area contributed by atoms with Gasteiger partial charge in [-0.2, -0.15) is 0 Å². The molecule has 0 bridgehead atoms. The summed E-state index contributed by atoms with van der Waals surface area (Å²) in [5.74, 6) is -0.869. The highest BCUT2D eigenvalue weighted by molar-refractivity contribution is 6.68. The van der Waals surface area contributed by atoms with E-state index in [-0.39, 0.29) is 28.8 Å². The fraction of sp³-hybridized carbons (Fsp3) is 0.286. The zero-order valence-electron chi connectivity index (χ0n) is 12.9. The van der Waals surface area contributed by atoms with Crippen LogP contribution in [0.2, 0.25) is 0 Å². The molecule has 0 aromatic carbocycles. The number of nitrogens with zero attached hydrogens (tertiary/aromatic N) is 2. The first-order valence-corrected chi connectivity index (χ1v) is 7.12. The molecule has 0 saturated heterocycles. The van der Waals surface area contributed by atoms with Crippen molar-refractivity contribution in [3.05, 3.63) is 45.1 Å². The van der Waals surface area contributed by atoms with Gasteiger partial charge >= 0.3 is 5.69 Å². The van der Waals surface area contributed by atoms with E-state index in [0.717, 1.165) is 4.57 Å². The van der Waals surface area contributed by atoms with Crippen molar-refractivity contribution in [2.75, 3.05) is 18.1 Å². The number of hydrogen-bond donors (Lipinski definition) is 3. The van der Waals surface area contributed by atoms with Crippen molar-refractivity contribution in [1.29, 1.82) is 0 Å². The Morgan fingerprint density at radius 3 is 2.70 bits per heavy atom. The molecule has 4 N–H and O–H groups in total. The first-order chi connectivity index (χ1) is 10.8. The van der Waals surface area contributed by atoms with Crippen LogP contribution in [0.4, 0.5) is 11.5 Å². The Labute approximate surface area is 137 Å². The summed E-state index contributed by atoms with van der Waals surface area (Å²) in [6.07, 6.45) is 3.30. The van der Waals surface area contributed by atoms with Crippen LogP contribution >= 0.6 is 11.6 Å². The molecule has 1 heterocycles. The van der Waals surface area contributed by atoms with E-state index >= 15 is 0 Å². The smallest absolute Gasteiger partial charge is 0.330 e. The van der Waals surface area contributed by atoms with Gasteiger partial charge in [-0.1, -0.05) is 25.1 Å². The minimum Gasteiger partial charge on any atom is -0.383 e. The first kappa shape index (κ1) is 18.4. The number of anilines is 2. The number of aromatic amines is 1. The third-order valence-corrected chi connectivity index (χ3v) is 3.12. The molecule has 1 amide bonds. The summed E-state index contributed by atoms with van der Waals surface area (Å²) in [5, 5.41) is 2.53.